The van der Waals surface area contributed by atoms with E-state index < -0.39 is 47.4 Å². The fourth-order valence-electron chi connectivity index (χ4n) is 5.05. The Morgan fingerprint density at radius 2 is 1.80 bits per heavy atom. The lowest BCUT2D eigenvalue weighted by molar-refractivity contribution is -0.165. The summed E-state index contributed by atoms with van der Waals surface area (Å²) < 4.78 is 85.5. The van der Waals surface area contributed by atoms with Gasteiger partial charge in [0.1, 0.15) is 17.8 Å². The van der Waals surface area contributed by atoms with Gasteiger partial charge in [-0.2, -0.15) is 13.2 Å². The number of rotatable bonds is 7. The van der Waals surface area contributed by atoms with E-state index in [-0.39, 0.29) is 35.4 Å². The maximum Gasteiger partial charge on any atom is 0.404 e. The number of alkyl halides is 4. The quantitative estimate of drug-likeness (QED) is 0.217. The second-order valence-corrected chi connectivity index (χ2v) is 10.1. The van der Waals surface area contributed by atoms with Gasteiger partial charge < -0.3 is 10.3 Å². The van der Waals surface area contributed by atoms with Crippen LogP contribution in [0.2, 0.25) is 5.02 Å². The normalized spacial score (nSPS) is 16.2. The summed E-state index contributed by atoms with van der Waals surface area (Å²) in [5.74, 6) is -5.83. The zero-order valence-corrected chi connectivity index (χ0v) is 21.9. The number of carbonyl (C=O) groups excluding carboxylic acids is 1. The van der Waals surface area contributed by atoms with E-state index >= 15 is 0 Å². The number of H-pyrrole nitrogens is 1. The Labute approximate surface area is 236 Å². The predicted octanol–water partition coefficient (Wildman–Crippen LogP) is 7.66. The maximum atomic E-state index is 14.5. The summed E-state index contributed by atoms with van der Waals surface area (Å²) >= 11 is 6.01. The second-order valence-electron chi connectivity index (χ2n) is 9.68. The van der Waals surface area contributed by atoms with Crippen molar-refractivity contribution in [2.45, 2.75) is 37.1 Å². The number of nitrogens with one attached hydrogen (secondary N) is 2. The van der Waals surface area contributed by atoms with Crippen LogP contribution in [0.4, 0.5) is 26.3 Å². The van der Waals surface area contributed by atoms with Crippen molar-refractivity contribution in [2.75, 3.05) is 0 Å². The molecule has 0 spiro atoms. The molecule has 1 amide bonds. The van der Waals surface area contributed by atoms with Gasteiger partial charge in [0, 0.05) is 41.2 Å². The van der Waals surface area contributed by atoms with Gasteiger partial charge in [-0.3, -0.25) is 9.78 Å². The molecule has 41 heavy (non-hydrogen) atoms. The van der Waals surface area contributed by atoms with E-state index in [0.717, 1.165) is 18.3 Å². The monoisotopic (exact) mass is 589 g/mol. The third-order valence-electron chi connectivity index (χ3n) is 6.83. The minimum Gasteiger partial charge on any atom is -0.361 e. The standard InChI is InChI=1S/C30H22ClF6N3O/c31-18-5-3-17(4-6-18)22-2-1-9-38-28(22)26(12-16-10-20(33)13-21(34)11-16)40-29(41)27(30(35,36)37)24-15-39-25-8-7-19(32)14-23(24)25/h1-11,13,15,19,26-27,39H,12,14H2,(H,40,41)/t19?,26-,27?/m0/s1. The van der Waals surface area contributed by atoms with Crippen LogP contribution in [0.3, 0.4) is 0 Å². The summed E-state index contributed by atoms with van der Waals surface area (Å²) in [6.45, 7) is 0. The Hall–Kier alpha value is -4.05. The van der Waals surface area contributed by atoms with E-state index in [1.165, 1.54) is 18.3 Å². The lowest BCUT2D eigenvalue weighted by atomic mass is 9.89. The minimum absolute atomic E-state index is 0.0564. The molecule has 0 aliphatic heterocycles. The molecule has 11 heteroatoms. The van der Waals surface area contributed by atoms with E-state index in [4.69, 9.17) is 11.6 Å². The van der Waals surface area contributed by atoms with Gasteiger partial charge in [0.25, 0.3) is 0 Å². The number of fused-ring (bicyclic) bond motifs is 1. The third-order valence-corrected chi connectivity index (χ3v) is 7.08. The lowest BCUT2D eigenvalue weighted by Crippen LogP contribution is -2.40. The van der Waals surface area contributed by atoms with Crippen molar-refractivity contribution in [3.8, 4) is 11.1 Å². The van der Waals surface area contributed by atoms with Crippen molar-refractivity contribution in [1.82, 2.24) is 15.3 Å². The Kier molecular flexibility index (Phi) is 7.95. The minimum atomic E-state index is -5.04. The molecule has 4 nitrogen and oxygen atoms in total. The van der Waals surface area contributed by atoms with Crippen LogP contribution in [0.25, 0.3) is 17.2 Å². The van der Waals surface area contributed by atoms with Crippen molar-refractivity contribution in [3.05, 3.63) is 118 Å². The van der Waals surface area contributed by atoms with Crippen LogP contribution < -0.4 is 5.32 Å². The van der Waals surface area contributed by atoms with E-state index in [9.17, 15) is 31.1 Å². The molecule has 1 aliphatic rings. The number of nitrogens with zero attached hydrogens (tertiary/aromatic N) is 1. The number of amides is 1. The first-order chi connectivity index (χ1) is 19.5. The molecule has 2 unspecified atom stereocenters. The van der Waals surface area contributed by atoms with Crippen LogP contribution in [0, 0.1) is 11.6 Å². The third kappa shape index (κ3) is 6.32. The molecule has 0 fully saturated rings. The number of aromatic nitrogens is 2. The van der Waals surface area contributed by atoms with Gasteiger partial charge in [-0.05, 0) is 71.2 Å². The van der Waals surface area contributed by atoms with Crippen molar-refractivity contribution in [1.29, 1.82) is 0 Å². The molecule has 2 aromatic carbocycles. The fourth-order valence-corrected chi connectivity index (χ4v) is 5.18. The molecule has 0 saturated heterocycles. The van der Waals surface area contributed by atoms with Crippen molar-refractivity contribution in [2.24, 2.45) is 0 Å². The Morgan fingerprint density at radius 1 is 1.10 bits per heavy atom. The fraction of sp³-hybridized carbons (Fsp3) is 0.200. The van der Waals surface area contributed by atoms with Crippen LogP contribution in [0.5, 0.6) is 0 Å². The topological polar surface area (TPSA) is 57.8 Å². The van der Waals surface area contributed by atoms with Gasteiger partial charge in [0.2, 0.25) is 5.91 Å². The summed E-state index contributed by atoms with van der Waals surface area (Å²) in [6.07, 6.45) is -2.11. The van der Waals surface area contributed by atoms with Crippen LogP contribution in [-0.4, -0.2) is 28.2 Å². The molecular weight excluding hydrogens is 568 g/mol. The Balaban J connectivity index is 1.57. The molecule has 4 aromatic rings. The predicted molar refractivity (Wildman–Crippen MR) is 143 cm³/mol. The highest BCUT2D eigenvalue weighted by molar-refractivity contribution is 6.30. The number of allylic oxidation sites excluding steroid dienone is 1. The Bertz CT molecular complexity index is 1580. The van der Waals surface area contributed by atoms with Crippen LogP contribution >= 0.6 is 11.6 Å². The molecule has 0 radical (unpaired) electrons. The molecule has 3 atom stereocenters. The van der Waals surface area contributed by atoms with E-state index in [1.807, 2.05) is 0 Å². The van der Waals surface area contributed by atoms with Gasteiger partial charge in [0.15, 0.2) is 5.92 Å². The maximum absolute atomic E-state index is 14.5. The van der Waals surface area contributed by atoms with Crippen molar-refractivity contribution < 1.29 is 31.1 Å². The number of pyridine rings is 1. The summed E-state index contributed by atoms with van der Waals surface area (Å²) in [7, 11) is 0. The number of hydrogen-bond donors (Lipinski definition) is 2. The van der Waals surface area contributed by atoms with Gasteiger partial charge >= 0.3 is 6.18 Å². The lowest BCUT2D eigenvalue weighted by Gasteiger charge is -2.26. The number of halogens is 7. The number of aromatic amines is 1. The van der Waals surface area contributed by atoms with Crippen LogP contribution in [0.1, 0.15) is 40.0 Å². The first kappa shape index (κ1) is 28.5. The molecule has 1 aliphatic carbocycles. The van der Waals surface area contributed by atoms with E-state index in [0.29, 0.717) is 22.2 Å². The average molecular weight is 590 g/mol. The van der Waals surface area contributed by atoms with E-state index in [1.54, 1.807) is 36.4 Å². The summed E-state index contributed by atoms with van der Waals surface area (Å²) in [4.78, 5) is 20.5. The Morgan fingerprint density at radius 3 is 2.49 bits per heavy atom. The number of carbonyl (C=O) groups is 1. The first-order valence-corrected chi connectivity index (χ1v) is 12.9. The molecule has 5 rings (SSSR count). The van der Waals surface area contributed by atoms with Gasteiger partial charge in [-0.15, -0.1) is 0 Å². The molecule has 2 aromatic heterocycles. The van der Waals surface area contributed by atoms with E-state index in [2.05, 4.69) is 15.3 Å². The molecule has 2 heterocycles. The first-order valence-electron chi connectivity index (χ1n) is 12.5. The smallest absolute Gasteiger partial charge is 0.361 e. The summed E-state index contributed by atoms with van der Waals surface area (Å²) in [5.41, 5.74) is 1.30. The molecule has 0 bridgehead atoms. The van der Waals surface area contributed by atoms with Gasteiger partial charge in [-0.25, -0.2) is 13.2 Å². The second kappa shape index (κ2) is 11.4. The van der Waals surface area contributed by atoms with Crippen LogP contribution in [-0.2, 0) is 17.6 Å². The summed E-state index contributed by atoms with van der Waals surface area (Å²) in [5, 5.41) is 2.89. The number of benzene rings is 2. The highest BCUT2D eigenvalue weighted by Gasteiger charge is 2.48. The number of hydrogen-bond acceptors (Lipinski definition) is 2. The highest BCUT2D eigenvalue weighted by atomic mass is 35.5. The molecule has 0 saturated carbocycles. The van der Waals surface area contributed by atoms with Gasteiger partial charge in [0.05, 0.1) is 11.7 Å². The SMILES string of the molecule is O=C(N[C@@H](Cc1cc(F)cc(F)c1)c1ncccc1-c1ccc(Cl)cc1)C(c1c[nH]c2c1CC(F)C=C2)C(F)(F)F. The average Bonchev–Trinajstić information content (AvgIpc) is 3.30. The molecule has 212 valence electrons. The largest absolute Gasteiger partial charge is 0.404 e. The zero-order valence-electron chi connectivity index (χ0n) is 21.2. The van der Waals surface area contributed by atoms with Gasteiger partial charge in [-0.1, -0.05) is 29.8 Å². The van der Waals surface area contributed by atoms with Crippen LogP contribution in [0.15, 0.2) is 73.1 Å². The molecular formula is C30H22ClF6N3O. The molecule has 2 N–H and O–H groups in total. The zero-order chi connectivity index (χ0) is 29.3. The highest BCUT2D eigenvalue weighted by Crippen LogP contribution is 2.40. The summed E-state index contributed by atoms with van der Waals surface area (Å²) in [6, 6.07) is 11.4. The van der Waals surface area contributed by atoms with Crippen molar-refractivity contribution in [3.63, 3.8) is 0 Å². The van der Waals surface area contributed by atoms with Crippen molar-refractivity contribution >= 4 is 23.6 Å².